The average Bonchev–Trinajstić information content (AvgIpc) is 2.15. The third-order valence-corrected chi connectivity index (χ3v) is 0.868. The monoisotopic (exact) mass is 122 g/mol. The lowest BCUT2D eigenvalue weighted by molar-refractivity contribution is 0.253. The molecule has 1 N–H and O–H groups in total. The molecule has 1 fully saturated rings. The Kier molecular flexibility index (Phi) is 0.570. The van der Waals surface area contributed by atoms with Crippen LogP contribution >= 0.6 is 0 Å². The van der Waals surface area contributed by atoms with E-state index < -0.39 is 26.0 Å². The van der Waals surface area contributed by atoms with Gasteiger partial charge in [-0.15, -0.1) is 0 Å². The van der Waals surface area contributed by atoms with Crippen LogP contribution in [0.2, 0.25) is 1.41 Å². The number of likely N-dealkylation sites (N-methyl/N-ethyl adjacent to an activating group) is 1. The van der Waals surface area contributed by atoms with Crippen molar-refractivity contribution < 1.29 is 11.0 Å². The molecule has 0 aliphatic carbocycles. The van der Waals surface area contributed by atoms with Crippen molar-refractivity contribution in [2.75, 3.05) is 32.6 Å². The predicted octanol–water partition coefficient (Wildman–Crippen LogP) is -0.0885. The van der Waals surface area contributed by atoms with E-state index in [4.69, 9.17) is 11.0 Å². The molecular formula is C6H14N2. The van der Waals surface area contributed by atoms with Gasteiger partial charge in [0, 0.05) is 35.6 Å². The molecule has 0 aromatic carbocycles. The molecule has 0 saturated carbocycles. The second-order valence-electron chi connectivity index (χ2n) is 1.38. The van der Waals surface area contributed by atoms with Crippen molar-refractivity contribution in [2.45, 2.75) is 6.92 Å². The SMILES string of the molecule is [2H]C1N(CC)C([2H])([2H])C([2H])([2H])N([2H])C1([2H])[2H]. The van der Waals surface area contributed by atoms with Crippen molar-refractivity contribution in [1.82, 2.24) is 10.2 Å². The van der Waals surface area contributed by atoms with Crippen LogP contribution in [0.15, 0.2) is 0 Å². The summed E-state index contributed by atoms with van der Waals surface area (Å²) in [6.45, 7) is -8.09. The Morgan fingerprint density at radius 3 is 3.50 bits per heavy atom. The summed E-state index contributed by atoms with van der Waals surface area (Å²) in [6, 6.07) is 0. The van der Waals surface area contributed by atoms with Gasteiger partial charge in [0.1, 0.15) is 1.41 Å². The van der Waals surface area contributed by atoms with Gasteiger partial charge in [0.2, 0.25) is 0 Å². The molecule has 1 aliphatic rings. The molecule has 1 atom stereocenters. The fourth-order valence-corrected chi connectivity index (χ4v) is 0.423. The fourth-order valence-electron chi connectivity index (χ4n) is 0.423. The molecule has 0 bridgehead atoms. The van der Waals surface area contributed by atoms with Crippen molar-refractivity contribution in [1.29, 1.82) is 0 Å². The second-order valence-corrected chi connectivity index (χ2v) is 1.38. The summed E-state index contributed by atoms with van der Waals surface area (Å²) in [6.07, 6.45) is 0. The quantitative estimate of drug-likeness (QED) is 0.523. The summed E-state index contributed by atoms with van der Waals surface area (Å²) in [7, 11) is 0. The lowest BCUT2D eigenvalue weighted by atomic mass is 10.4. The Labute approximate surface area is 62.2 Å². The third kappa shape index (κ3) is 1.46. The number of hydrogen-bond donors (Lipinski definition) is 1. The van der Waals surface area contributed by atoms with Crippen molar-refractivity contribution in [2.24, 2.45) is 0 Å². The zero-order chi connectivity index (χ0) is 12.9. The third-order valence-electron chi connectivity index (χ3n) is 0.868. The maximum Gasteiger partial charge on any atom is 0.122 e. The molecule has 48 valence electrons. The molecule has 0 aromatic heterocycles. The van der Waals surface area contributed by atoms with Crippen LogP contribution in [-0.2, 0) is 0 Å². The van der Waals surface area contributed by atoms with Crippen LogP contribution < -0.4 is 5.31 Å². The zero-order valence-electron chi connectivity index (χ0n) is 12.7. The van der Waals surface area contributed by atoms with Crippen molar-refractivity contribution in [3.05, 3.63) is 0 Å². The van der Waals surface area contributed by atoms with Crippen LogP contribution in [0, 0.1) is 0 Å². The molecular weight excluding hydrogens is 100 g/mol. The maximum atomic E-state index is 7.59. The van der Waals surface area contributed by atoms with Gasteiger partial charge in [-0.1, -0.05) is 6.92 Å². The fraction of sp³-hybridized carbons (Fsp3) is 1.00. The standard InChI is InChI=1S/C6H14N2/c1-2-8-5-3-7-4-6-8/h7H,2-6H2,1H3/i3D2,4D2,5D,6D2/hD. The molecule has 1 unspecified atom stereocenters. The van der Waals surface area contributed by atoms with Crippen molar-refractivity contribution in [3.8, 4) is 0 Å². The Hall–Kier alpha value is -0.0800. The molecule has 8 heavy (non-hydrogen) atoms. The summed E-state index contributed by atoms with van der Waals surface area (Å²) in [5.41, 5.74) is 0. The minimum absolute atomic E-state index is 0.00593. The van der Waals surface area contributed by atoms with Crippen LogP contribution in [0.3, 0.4) is 0 Å². The molecule has 1 saturated heterocycles. The Balaban J connectivity index is 3.27. The number of nitrogens with one attached hydrogen (secondary N) is 1. The molecule has 0 spiro atoms. The van der Waals surface area contributed by atoms with Gasteiger partial charge >= 0.3 is 0 Å². The molecule has 2 nitrogen and oxygen atoms in total. The smallest absolute Gasteiger partial charge is 0.122 e. The van der Waals surface area contributed by atoms with E-state index in [1.165, 1.54) is 6.92 Å². The van der Waals surface area contributed by atoms with Crippen LogP contribution in [0.5, 0.6) is 0 Å². The lowest BCUT2D eigenvalue weighted by Crippen LogP contribution is -2.43. The van der Waals surface area contributed by atoms with E-state index in [0.29, 0.717) is 0 Å². The second kappa shape index (κ2) is 3.05. The highest BCUT2D eigenvalue weighted by atomic mass is 15.2. The van der Waals surface area contributed by atoms with E-state index in [-0.39, 0.29) is 11.9 Å². The summed E-state index contributed by atoms with van der Waals surface area (Å²) >= 11 is 0. The van der Waals surface area contributed by atoms with E-state index in [9.17, 15) is 0 Å². The highest BCUT2D eigenvalue weighted by Gasteiger charge is 2.04. The van der Waals surface area contributed by atoms with E-state index in [0.717, 1.165) is 4.90 Å². The highest BCUT2D eigenvalue weighted by molar-refractivity contribution is 4.64. The predicted molar refractivity (Wildman–Crippen MR) is 35.0 cm³/mol. The first-order chi connectivity index (χ1) is 7.01. The van der Waals surface area contributed by atoms with Crippen LogP contribution in [-0.4, -0.2) is 37.5 Å². The van der Waals surface area contributed by atoms with Crippen molar-refractivity contribution >= 4 is 0 Å². The molecule has 0 amide bonds. The number of nitrogens with zero attached hydrogens (tertiary/aromatic N) is 1. The first-order valence-electron chi connectivity index (χ1n) is 6.52. The average molecular weight is 122 g/mol. The lowest BCUT2D eigenvalue weighted by Gasteiger charge is -2.25. The summed E-state index contributed by atoms with van der Waals surface area (Å²) in [5, 5.41) is -0.0934. The normalized spacial score (nSPS) is 68.9. The first kappa shape index (κ1) is 1.50. The van der Waals surface area contributed by atoms with E-state index in [1.54, 1.807) is 0 Å². The summed E-state index contributed by atoms with van der Waals surface area (Å²) in [4.78, 5) is 0.776. The molecule has 1 aliphatic heterocycles. The molecule has 2 heteroatoms. The van der Waals surface area contributed by atoms with Crippen LogP contribution in [0.25, 0.3) is 0 Å². The largest absolute Gasteiger partial charge is 0.314 e. The van der Waals surface area contributed by atoms with Gasteiger partial charge in [-0.05, 0) is 6.54 Å². The number of piperazine rings is 1. The topological polar surface area (TPSA) is 15.3 Å². The molecule has 1 rings (SSSR count). The Morgan fingerprint density at radius 1 is 1.88 bits per heavy atom. The summed E-state index contributed by atoms with van der Waals surface area (Å²) < 4.78 is 60.0. The van der Waals surface area contributed by atoms with Gasteiger partial charge in [-0.3, -0.25) is 0 Å². The van der Waals surface area contributed by atoms with Gasteiger partial charge in [0.15, 0.2) is 0 Å². The minimum atomic E-state index is -2.82. The molecule has 0 aromatic rings. The summed E-state index contributed by atoms with van der Waals surface area (Å²) in [5.74, 6) is 0. The van der Waals surface area contributed by atoms with Crippen molar-refractivity contribution in [3.63, 3.8) is 0 Å². The maximum absolute atomic E-state index is 7.59. The van der Waals surface area contributed by atoms with Crippen LogP contribution in [0.1, 0.15) is 16.5 Å². The van der Waals surface area contributed by atoms with Gasteiger partial charge < -0.3 is 10.2 Å². The van der Waals surface area contributed by atoms with E-state index >= 15 is 0 Å². The first-order valence-corrected chi connectivity index (χ1v) is 2.49. The van der Waals surface area contributed by atoms with E-state index in [1.807, 2.05) is 0 Å². The zero-order valence-corrected chi connectivity index (χ0v) is 4.68. The molecule has 0 radical (unpaired) electrons. The molecule has 1 heterocycles. The van der Waals surface area contributed by atoms with Crippen LogP contribution in [0.4, 0.5) is 0 Å². The highest BCUT2D eigenvalue weighted by Crippen LogP contribution is 1.88. The van der Waals surface area contributed by atoms with Gasteiger partial charge in [-0.2, -0.15) is 0 Å². The Bertz CT molecular complexity index is 274. The Morgan fingerprint density at radius 2 is 2.75 bits per heavy atom. The number of hydrogen-bond acceptors (Lipinski definition) is 2. The number of rotatable bonds is 1. The minimum Gasteiger partial charge on any atom is -0.314 e. The van der Waals surface area contributed by atoms with Gasteiger partial charge in [0.05, 0.1) is 0 Å². The van der Waals surface area contributed by atoms with Gasteiger partial charge in [-0.25, -0.2) is 0 Å². The van der Waals surface area contributed by atoms with E-state index in [2.05, 4.69) is 0 Å². The van der Waals surface area contributed by atoms with Gasteiger partial charge in [0.25, 0.3) is 0 Å².